The number of carbonyl (C=O) groups is 4. The van der Waals surface area contributed by atoms with Crippen molar-refractivity contribution >= 4 is 23.7 Å². The minimum absolute atomic E-state index is 0.856. The zero-order valence-electron chi connectivity index (χ0n) is 49.3. The highest BCUT2D eigenvalue weighted by Crippen LogP contribution is 2.41. The SMILES string of the molecule is CC(=O)N[C@@H]1[C@@H](O[C@@H]2O[C@H](CO)[C@H](O)[C@H](O[C@@H]3O[C@H](CO)[C@@H](O[C@@H]4O[C@@H](C)[C@@H](O)[C@@H](O)[C@@H]4O)[C@H](O[C@@H]4O[C@H](CO)[C@H](O)[C@H](O[C@]5(C(=O)O)C[C@H](O)[C@@H](NC(C)=O)[C@H]([C@H](O)[C@H](O)CO)O5)[C@H]4O)[C@H]3NC(C)=O)[C@@H]2O)[C@H](O[C@@H]2O[C@@H](C)[C@@H](O)[C@@H](O)[C@@H]2O)[C@@H](CO)O[C@H]1O. The summed E-state index contributed by atoms with van der Waals surface area (Å²) in [6.45, 7) is -0.385. The molecule has 7 heterocycles. The number of hydrogen-bond acceptors (Lipinski definition) is 36. The van der Waals surface area contributed by atoms with Crippen molar-refractivity contribution < 1.29 is 183 Å². The van der Waals surface area contributed by atoms with Gasteiger partial charge in [0.05, 0.1) is 57.4 Å². The molecule has 36 atom stereocenters. The first-order valence-corrected chi connectivity index (χ1v) is 29.0. The van der Waals surface area contributed by atoms with Crippen molar-refractivity contribution in [2.45, 2.75) is 261 Å². The Morgan fingerprint density at radius 3 is 1.29 bits per heavy atom. The van der Waals surface area contributed by atoms with Gasteiger partial charge in [0.15, 0.2) is 37.7 Å². The third kappa shape index (κ3) is 16.2. The van der Waals surface area contributed by atoms with Crippen molar-refractivity contribution in [1.82, 2.24) is 16.0 Å². The fraction of sp³-hybridized carbons (Fsp3) is 0.922. The number of carboxylic acids is 1. The number of ether oxygens (including phenoxy) is 13. The second kappa shape index (κ2) is 31.6. The largest absolute Gasteiger partial charge is 0.477 e. The molecule has 7 rings (SSSR count). The Balaban J connectivity index is 1.27. The van der Waals surface area contributed by atoms with Crippen LogP contribution in [0, 0.1) is 0 Å². The zero-order chi connectivity index (χ0) is 67.6. The van der Waals surface area contributed by atoms with Gasteiger partial charge in [-0.05, 0) is 13.8 Å². The van der Waals surface area contributed by atoms with Crippen LogP contribution in [0.2, 0.25) is 0 Å². The van der Waals surface area contributed by atoms with E-state index in [2.05, 4.69) is 16.0 Å². The van der Waals surface area contributed by atoms with E-state index in [1.165, 1.54) is 13.8 Å². The first kappa shape index (κ1) is 75.0. The quantitative estimate of drug-likeness (QED) is 0.0452. The van der Waals surface area contributed by atoms with E-state index < -0.39 is 284 Å². The summed E-state index contributed by atoms with van der Waals surface area (Å²) in [6, 6.07) is -5.59. The summed E-state index contributed by atoms with van der Waals surface area (Å²) in [4.78, 5) is 51.6. The lowest BCUT2D eigenvalue weighted by molar-refractivity contribution is -0.399. The highest BCUT2D eigenvalue weighted by Gasteiger charge is 2.63. The maximum Gasteiger partial charge on any atom is 0.364 e. The molecule has 40 heteroatoms. The van der Waals surface area contributed by atoms with Crippen LogP contribution in [-0.4, -0.2) is 379 Å². The number of amides is 3. The number of hydrogen-bond donors (Lipinski definition) is 23. The van der Waals surface area contributed by atoms with Crippen LogP contribution in [0.4, 0.5) is 0 Å². The molecule has 3 amide bonds. The topological polar surface area (TPSA) is 629 Å². The second-order valence-electron chi connectivity index (χ2n) is 23.2. The summed E-state index contributed by atoms with van der Waals surface area (Å²) in [5.41, 5.74) is 0. The van der Waals surface area contributed by atoms with Gasteiger partial charge in [-0.3, -0.25) is 14.4 Å². The van der Waals surface area contributed by atoms with Crippen LogP contribution < -0.4 is 16.0 Å². The molecule has 7 aliphatic heterocycles. The van der Waals surface area contributed by atoms with Gasteiger partial charge in [-0.25, -0.2) is 4.79 Å². The molecule has 7 saturated heterocycles. The van der Waals surface area contributed by atoms with Crippen LogP contribution >= 0.6 is 0 Å². The number of carboxylic acid groups (broad SMARTS) is 1. The molecule has 0 spiro atoms. The summed E-state index contributed by atoms with van der Waals surface area (Å²) in [5, 5.41) is 227. The molecule has 0 unspecified atom stereocenters. The molecule has 40 nitrogen and oxygen atoms in total. The number of aliphatic hydroxyl groups excluding tert-OH is 19. The Morgan fingerprint density at radius 2 is 0.835 bits per heavy atom. The lowest BCUT2D eigenvalue weighted by atomic mass is 9.88. The number of nitrogens with one attached hydrogen (secondary N) is 3. The van der Waals surface area contributed by atoms with E-state index in [4.69, 9.17) is 61.6 Å². The Hall–Kier alpha value is -3.40. The molecular formula is C51H85N3O37. The van der Waals surface area contributed by atoms with E-state index in [-0.39, 0.29) is 0 Å². The molecule has 0 bridgehead atoms. The number of aliphatic carboxylic acids is 1. The van der Waals surface area contributed by atoms with Gasteiger partial charge in [0.1, 0.15) is 152 Å². The molecule has 7 aliphatic rings. The monoisotopic (exact) mass is 1330 g/mol. The van der Waals surface area contributed by atoms with Gasteiger partial charge in [0, 0.05) is 27.2 Å². The summed E-state index contributed by atoms with van der Waals surface area (Å²) < 4.78 is 77.0. The van der Waals surface area contributed by atoms with E-state index in [0.717, 1.165) is 20.8 Å². The predicted octanol–water partition coefficient (Wildman–Crippen LogP) is -14.6. The third-order valence-electron chi connectivity index (χ3n) is 16.6. The fourth-order valence-corrected chi connectivity index (χ4v) is 11.8. The molecule has 0 aromatic heterocycles. The van der Waals surface area contributed by atoms with Crippen LogP contribution in [0.5, 0.6) is 0 Å². The van der Waals surface area contributed by atoms with Crippen molar-refractivity contribution in [1.29, 1.82) is 0 Å². The third-order valence-corrected chi connectivity index (χ3v) is 16.6. The first-order valence-electron chi connectivity index (χ1n) is 29.0. The molecule has 0 radical (unpaired) electrons. The van der Waals surface area contributed by atoms with Crippen molar-refractivity contribution in [3.8, 4) is 0 Å². The van der Waals surface area contributed by atoms with Crippen LogP contribution in [0.25, 0.3) is 0 Å². The number of rotatable bonds is 23. The highest BCUT2D eigenvalue weighted by atomic mass is 16.8. The van der Waals surface area contributed by atoms with Crippen LogP contribution in [0.3, 0.4) is 0 Å². The molecule has 0 saturated carbocycles. The van der Waals surface area contributed by atoms with Gasteiger partial charge in [-0.15, -0.1) is 0 Å². The average Bonchev–Trinajstić information content (AvgIpc) is 0.781. The summed E-state index contributed by atoms with van der Waals surface area (Å²) in [6.07, 6.45) is -66.7. The van der Waals surface area contributed by atoms with E-state index in [0.29, 0.717) is 0 Å². The van der Waals surface area contributed by atoms with Crippen LogP contribution in [-0.2, 0) is 80.8 Å². The van der Waals surface area contributed by atoms with Gasteiger partial charge in [-0.1, -0.05) is 0 Å². The number of aliphatic hydroxyl groups is 19. The van der Waals surface area contributed by atoms with E-state index in [9.17, 15) is 121 Å². The lowest BCUT2D eigenvalue weighted by Gasteiger charge is -2.52. The smallest absolute Gasteiger partial charge is 0.364 e. The Labute approximate surface area is 516 Å². The minimum Gasteiger partial charge on any atom is -0.477 e. The normalized spacial score (nSPS) is 48.0. The van der Waals surface area contributed by atoms with Gasteiger partial charge in [-0.2, -0.15) is 0 Å². The minimum atomic E-state index is -3.31. The highest BCUT2D eigenvalue weighted by molar-refractivity contribution is 5.77. The standard InChI is InChI=1S/C51H85N3O37/c1-12-26(65)31(70)33(72)46(79-12)85-37-21(10-58)81-44(76)24(53-15(4)61)40(37)87-48-35(74)42(29(68)19(8-56)82-48)89-45-25(54-16(5)62)41(38(22(11-59)84-45)86-47-34(73)32(71)27(66)13(2)80-47)88-49-36(75)43(30(69)20(9-57)83-49)91-51(50(77)78)6-17(63)23(52-14(3)60)39(90-51)28(67)18(64)7-55/h12-13,17-49,55-59,63-76H,6-11H2,1-5H3,(H,52,60)(H,53,61)(H,54,62)(H,77,78)/t12-,13-,17-,18+,19+,20+,21+,22+,23+,24+,25+,26+,27+,28+,29-,30-,31+,32+,33-,34-,35-,36+,37+,38+,39+,40+,41+,42-,43-,44+,45-,46-,47-,48-,49-,51-/m0/s1. The maximum atomic E-state index is 13.4. The van der Waals surface area contributed by atoms with Gasteiger partial charge >= 0.3 is 5.97 Å². The summed E-state index contributed by atoms with van der Waals surface area (Å²) >= 11 is 0. The molecule has 0 aromatic carbocycles. The first-order chi connectivity index (χ1) is 42.8. The zero-order valence-corrected chi connectivity index (χ0v) is 49.3. The second-order valence-corrected chi connectivity index (χ2v) is 23.2. The van der Waals surface area contributed by atoms with Crippen LogP contribution in [0.1, 0.15) is 41.0 Å². The molecular weight excluding hydrogens is 1250 g/mol. The molecule has 23 N–H and O–H groups in total. The summed E-state index contributed by atoms with van der Waals surface area (Å²) in [5.74, 6) is -8.20. The Morgan fingerprint density at radius 1 is 0.451 bits per heavy atom. The lowest BCUT2D eigenvalue weighted by Crippen LogP contribution is -2.72. The predicted molar refractivity (Wildman–Crippen MR) is 281 cm³/mol. The molecule has 91 heavy (non-hydrogen) atoms. The van der Waals surface area contributed by atoms with Gasteiger partial charge < -0.3 is 180 Å². The Kier molecular flexibility index (Phi) is 26.1. The van der Waals surface area contributed by atoms with Crippen molar-refractivity contribution in [3.63, 3.8) is 0 Å². The molecule has 0 aromatic rings. The fourth-order valence-electron chi connectivity index (χ4n) is 11.8. The average molecular weight is 1330 g/mol. The van der Waals surface area contributed by atoms with Crippen molar-refractivity contribution in [3.05, 3.63) is 0 Å². The molecule has 0 aliphatic carbocycles. The molecule has 7 fully saturated rings. The van der Waals surface area contributed by atoms with E-state index >= 15 is 0 Å². The van der Waals surface area contributed by atoms with Crippen molar-refractivity contribution in [2.24, 2.45) is 0 Å². The molecule has 526 valence electrons. The van der Waals surface area contributed by atoms with E-state index in [1.54, 1.807) is 0 Å². The summed E-state index contributed by atoms with van der Waals surface area (Å²) in [7, 11) is 0. The maximum absolute atomic E-state index is 13.4. The van der Waals surface area contributed by atoms with Crippen LogP contribution in [0.15, 0.2) is 0 Å². The van der Waals surface area contributed by atoms with Gasteiger partial charge in [0.25, 0.3) is 5.79 Å². The van der Waals surface area contributed by atoms with Gasteiger partial charge in [0.2, 0.25) is 17.7 Å². The Bertz CT molecular complexity index is 2380. The van der Waals surface area contributed by atoms with Crippen molar-refractivity contribution in [2.75, 3.05) is 33.0 Å². The number of carbonyl (C=O) groups excluding carboxylic acids is 3. The van der Waals surface area contributed by atoms with E-state index in [1.807, 2.05) is 0 Å².